The van der Waals surface area contributed by atoms with Gasteiger partial charge in [0.25, 0.3) is 0 Å². The predicted molar refractivity (Wildman–Crippen MR) is 47.6 cm³/mol. The van der Waals surface area contributed by atoms with E-state index in [0.717, 1.165) is 12.8 Å². The third-order valence-electron chi connectivity index (χ3n) is 1.17. The summed E-state index contributed by atoms with van der Waals surface area (Å²) in [5.74, 6) is 0. The van der Waals surface area contributed by atoms with Gasteiger partial charge in [-0.1, -0.05) is 19.4 Å². The minimum absolute atomic E-state index is 0.328. The molecular weight excluding hydrogens is 156 g/mol. The highest BCUT2D eigenvalue weighted by Gasteiger charge is 1.95. The van der Waals surface area contributed by atoms with Crippen molar-refractivity contribution in [3.8, 4) is 0 Å². The van der Waals surface area contributed by atoms with Gasteiger partial charge >= 0.3 is 6.03 Å². The van der Waals surface area contributed by atoms with Gasteiger partial charge in [-0.2, -0.15) is 0 Å². The number of hydroxylamine groups is 1. The number of hydrogen-bond acceptors (Lipinski definition) is 2. The highest BCUT2D eigenvalue weighted by molar-refractivity contribution is 5.72. The minimum atomic E-state index is -0.328. The van der Waals surface area contributed by atoms with Crippen LogP contribution in [0.4, 0.5) is 4.79 Å². The van der Waals surface area contributed by atoms with E-state index in [1.165, 1.54) is 0 Å². The molecule has 0 atom stereocenters. The number of carbonyl (C=O) groups excluding carboxylic acids is 1. The van der Waals surface area contributed by atoms with Gasteiger partial charge in [0, 0.05) is 6.54 Å². The molecule has 4 nitrogen and oxygen atoms in total. The maximum Gasteiger partial charge on any atom is 0.338 e. The van der Waals surface area contributed by atoms with E-state index in [9.17, 15) is 4.79 Å². The lowest BCUT2D eigenvalue weighted by Gasteiger charge is -2.04. The number of carbonyl (C=O) groups is 1. The number of unbranched alkanes of at least 4 members (excludes halogenated alkanes) is 1. The molecule has 0 aliphatic heterocycles. The number of urea groups is 1. The van der Waals surface area contributed by atoms with Crippen LogP contribution in [0.3, 0.4) is 0 Å². The van der Waals surface area contributed by atoms with Crippen LogP contribution in [0.15, 0.2) is 12.7 Å². The van der Waals surface area contributed by atoms with Crippen molar-refractivity contribution in [2.45, 2.75) is 19.8 Å². The Labute approximate surface area is 72.9 Å². The summed E-state index contributed by atoms with van der Waals surface area (Å²) in [7, 11) is 0. The van der Waals surface area contributed by atoms with Gasteiger partial charge in [0.15, 0.2) is 0 Å². The van der Waals surface area contributed by atoms with E-state index in [0.29, 0.717) is 13.2 Å². The van der Waals surface area contributed by atoms with Crippen LogP contribution in [-0.2, 0) is 4.84 Å². The molecule has 0 aromatic heterocycles. The maximum absolute atomic E-state index is 10.8. The Morgan fingerprint density at radius 1 is 1.67 bits per heavy atom. The van der Waals surface area contributed by atoms with Crippen LogP contribution in [0.25, 0.3) is 0 Å². The largest absolute Gasteiger partial charge is 0.338 e. The second-order valence-electron chi connectivity index (χ2n) is 2.30. The average molecular weight is 172 g/mol. The molecule has 0 aliphatic rings. The van der Waals surface area contributed by atoms with Gasteiger partial charge in [0.2, 0.25) is 0 Å². The van der Waals surface area contributed by atoms with E-state index < -0.39 is 0 Å². The Morgan fingerprint density at radius 2 is 2.42 bits per heavy atom. The molecule has 2 N–H and O–H groups in total. The molecule has 0 fully saturated rings. The number of hydrogen-bond donors (Lipinski definition) is 2. The molecule has 0 saturated carbocycles. The van der Waals surface area contributed by atoms with Gasteiger partial charge in [-0.15, -0.1) is 6.58 Å². The third kappa shape index (κ3) is 7.08. The predicted octanol–water partition coefficient (Wildman–Crippen LogP) is 1.20. The van der Waals surface area contributed by atoms with Crippen molar-refractivity contribution in [2.24, 2.45) is 0 Å². The molecule has 0 aromatic carbocycles. The van der Waals surface area contributed by atoms with Gasteiger partial charge in [-0.05, 0) is 6.42 Å². The van der Waals surface area contributed by atoms with Gasteiger partial charge in [0.05, 0.1) is 6.61 Å². The highest BCUT2D eigenvalue weighted by Crippen LogP contribution is 1.84. The summed E-state index contributed by atoms with van der Waals surface area (Å²) in [5, 5.41) is 2.52. The Balaban J connectivity index is 3.13. The van der Waals surface area contributed by atoms with Crippen LogP contribution >= 0.6 is 0 Å². The second-order valence-corrected chi connectivity index (χ2v) is 2.30. The normalized spacial score (nSPS) is 9.08. The van der Waals surface area contributed by atoms with Crippen molar-refractivity contribution >= 4 is 6.03 Å². The standard InChI is InChI=1S/C8H16N2O2/c1-3-5-7-12-10-8(11)9-6-4-2/h4H,2-3,5-7H2,1H3,(H2,9,10,11). The zero-order valence-corrected chi connectivity index (χ0v) is 7.43. The van der Waals surface area contributed by atoms with Gasteiger partial charge in [0.1, 0.15) is 0 Å². The van der Waals surface area contributed by atoms with Crippen molar-refractivity contribution in [1.82, 2.24) is 10.8 Å². The van der Waals surface area contributed by atoms with Crippen molar-refractivity contribution < 1.29 is 9.63 Å². The lowest BCUT2D eigenvalue weighted by molar-refractivity contribution is 0.0597. The summed E-state index contributed by atoms with van der Waals surface area (Å²) in [4.78, 5) is 15.6. The summed E-state index contributed by atoms with van der Waals surface area (Å²) in [6.45, 7) is 6.52. The molecule has 0 aromatic rings. The summed E-state index contributed by atoms with van der Waals surface area (Å²) >= 11 is 0. The first-order chi connectivity index (χ1) is 5.81. The van der Waals surface area contributed by atoms with Gasteiger partial charge < -0.3 is 5.32 Å². The highest BCUT2D eigenvalue weighted by atomic mass is 16.7. The number of nitrogens with one attached hydrogen (secondary N) is 2. The Bertz CT molecular complexity index is 137. The van der Waals surface area contributed by atoms with Gasteiger partial charge in [-0.25, -0.2) is 10.3 Å². The van der Waals surface area contributed by atoms with E-state index in [-0.39, 0.29) is 6.03 Å². The van der Waals surface area contributed by atoms with Crippen LogP contribution in [-0.4, -0.2) is 19.2 Å². The third-order valence-corrected chi connectivity index (χ3v) is 1.17. The topological polar surface area (TPSA) is 50.4 Å². The molecule has 2 amide bonds. The van der Waals surface area contributed by atoms with Crippen LogP contribution in [0.1, 0.15) is 19.8 Å². The monoisotopic (exact) mass is 172 g/mol. The Kier molecular flexibility index (Phi) is 7.38. The molecule has 0 saturated heterocycles. The summed E-state index contributed by atoms with van der Waals surface area (Å²) in [5.41, 5.74) is 2.25. The molecule has 0 bridgehead atoms. The summed E-state index contributed by atoms with van der Waals surface area (Å²) < 4.78 is 0. The number of rotatable bonds is 6. The SMILES string of the molecule is C=CCNC(=O)NOCCCC. The van der Waals surface area contributed by atoms with E-state index in [1.807, 2.05) is 0 Å². The first-order valence-electron chi connectivity index (χ1n) is 4.07. The molecule has 0 unspecified atom stereocenters. The summed E-state index contributed by atoms with van der Waals surface area (Å²) in [6.07, 6.45) is 3.60. The van der Waals surface area contributed by atoms with E-state index in [4.69, 9.17) is 4.84 Å². The first kappa shape index (κ1) is 11.0. The van der Waals surface area contributed by atoms with E-state index in [2.05, 4.69) is 24.3 Å². The molecule has 0 aliphatic carbocycles. The van der Waals surface area contributed by atoms with E-state index >= 15 is 0 Å². The Morgan fingerprint density at radius 3 is 3.00 bits per heavy atom. The molecule has 0 heterocycles. The molecule has 4 heteroatoms. The molecule has 0 rings (SSSR count). The second kappa shape index (κ2) is 8.07. The zero-order chi connectivity index (χ0) is 9.23. The van der Waals surface area contributed by atoms with E-state index in [1.54, 1.807) is 6.08 Å². The van der Waals surface area contributed by atoms with Crippen molar-refractivity contribution in [3.63, 3.8) is 0 Å². The molecule has 0 radical (unpaired) electrons. The lowest BCUT2D eigenvalue weighted by Crippen LogP contribution is -2.35. The maximum atomic E-state index is 10.8. The summed E-state index contributed by atoms with van der Waals surface area (Å²) in [6, 6.07) is -0.328. The molecule has 70 valence electrons. The van der Waals surface area contributed by atoms with Crippen LogP contribution in [0.2, 0.25) is 0 Å². The van der Waals surface area contributed by atoms with Crippen LogP contribution in [0.5, 0.6) is 0 Å². The first-order valence-corrected chi connectivity index (χ1v) is 4.07. The molecular formula is C8H16N2O2. The Hall–Kier alpha value is -1.03. The fourth-order valence-corrected chi connectivity index (χ4v) is 0.534. The quantitative estimate of drug-likeness (QED) is 0.359. The smallest absolute Gasteiger partial charge is 0.333 e. The fourth-order valence-electron chi connectivity index (χ4n) is 0.534. The van der Waals surface area contributed by atoms with Crippen LogP contribution < -0.4 is 10.8 Å². The van der Waals surface area contributed by atoms with Crippen molar-refractivity contribution in [2.75, 3.05) is 13.2 Å². The fraction of sp³-hybridized carbons (Fsp3) is 0.625. The number of amides is 2. The minimum Gasteiger partial charge on any atom is -0.333 e. The van der Waals surface area contributed by atoms with Gasteiger partial charge in [-0.3, -0.25) is 4.84 Å². The molecule has 0 spiro atoms. The van der Waals surface area contributed by atoms with Crippen LogP contribution in [0, 0.1) is 0 Å². The zero-order valence-electron chi connectivity index (χ0n) is 7.43. The molecule has 12 heavy (non-hydrogen) atoms. The lowest BCUT2D eigenvalue weighted by atomic mass is 10.4. The van der Waals surface area contributed by atoms with Crippen molar-refractivity contribution in [3.05, 3.63) is 12.7 Å². The average Bonchev–Trinajstić information content (AvgIpc) is 2.09. The van der Waals surface area contributed by atoms with Crippen molar-refractivity contribution in [1.29, 1.82) is 0 Å².